The van der Waals surface area contributed by atoms with Gasteiger partial charge in [-0.3, -0.25) is 4.79 Å². The fourth-order valence-corrected chi connectivity index (χ4v) is 6.42. The monoisotopic (exact) mass is 444 g/mol. The van der Waals surface area contributed by atoms with Crippen LogP contribution in [0.2, 0.25) is 0 Å². The number of allylic oxidation sites excluding steroid dienone is 2. The molecule has 0 spiro atoms. The van der Waals surface area contributed by atoms with Gasteiger partial charge in [-0.05, 0) is 74.5 Å². The van der Waals surface area contributed by atoms with E-state index in [1.165, 1.54) is 37.0 Å². The minimum atomic E-state index is -0.682. The van der Waals surface area contributed by atoms with Crippen molar-refractivity contribution in [2.45, 2.75) is 91.8 Å². The summed E-state index contributed by atoms with van der Waals surface area (Å²) in [5.74, 6) is 0.198. The van der Waals surface area contributed by atoms with Gasteiger partial charge in [-0.25, -0.2) is 4.79 Å². The molecule has 5 heteroatoms. The van der Waals surface area contributed by atoms with Gasteiger partial charge in [-0.1, -0.05) is 44.6 Å². The van der Waals surface area contributed by atoms with Crippen LogP contribution in [0.3, 0.4) is 0 Å². The number of carbonyl (C=O) groups excluding carboxylic acids is 2. The SMILES string of the molecule is C=C1CCCC2[C@](C)(CC/C(C)=C/C[C@@H](O)C3=CC(=O)OC3)[C@@H](C)[C@H](OC(C)=O)C[C@]12C. The number of carbonyl (C=O) groups is 2. The molecule has 3 aliphatic rings. The van der Waals surface area contributed by atoms with E-state index >= 15 is 0 Å². The van der Waals surface area contributed by atoms with Crippen LogP contribution in [0.15, 0.2) is 35.5 Å². The summed E-state index contributed by atoms with van der Waals surface area (Å²) in [5, 5.41) is 10.4. The number of rotatable bonds is 7. The summed E-state index contributed by atoms with van der Waals surface area (Å²) in [7, 11) is 0. The minimum absolute atomic E-state index is 0.00503. The van der Waals surface area contributed by atoms with E-state index < -0.39 is 6.10 Å². The van der Waals surface area contributed by atoms with Crippen LogP contribution in [0, 0.1) is 22.7 Å². The van der Waals surface area contributed by atoms with E-state index in [2.05, 4.69) is 40.3 Å². The zero-order valence-electron chi connectivity index (χ0n) is 20.4. The highest BCUT2D eigenvalue weighted by Crippen LogP contribution is 2.63. The Bertz CT molecular complexity index is 824. The van der Waals surface area contributed by atoms with E-state index in [1.807, 2.05) is 0 Å². The number of aliphatic hydroxyl groups is 1. The summed E-state index contributed by atoms with van der Waals surface area (Å²) < 4.78 is 10.7. The number of hydrogen-bond donors (Lipinski definition) is 1. The molecule has 1 aliphatic heterocycles. The third-order valence-electron chi connectivity index (χ3n) is 8.74. The highest BCUT2D eigenvalue weighted by atomic mass is 16.5. The third kappa shape index (κ3) is 4.88. The van der Waals surface area contributed by atoms with Gasteiger partial charge in [0.2, 0.25) is 0 Å². The van der Waals surface area contributed by atoms with Gasteiger partial charge in [-0.15, -0.1) is 0 Å². The van der Waals surface area contributed by atoms with Crippen molar-refractivity contribution in [3.8, 4) is 0 Å². The van der Waals surface area contributed by atoms with Gasteiger partial charge in [0.1, 0.15) is 12.7 Å². The molecule has 2 saturated carbocycles. The van der Waals surface area contributed by atoms with Crippen molar-refractivity contribution in [1.82, 2.24) is 0 Å². The number of ether oxygens (including phenoxy) is 2. The van der Waals surface area contributed by atoms with E-state index in [9.17, 15) is 14.7 Å². The lowest BCUT2D eigenvalue weighted by Gasteiger charge is -2.60. The molecule has 32 heavy (non-hydrogen) atoms. The molecular formula is C27H40O5. The lowest BCUT2D eigenvalue weighted by Crippen LogP contribution is -2.56. The van der Waals surface area contributed by atoms with Gasteiger partial charge in [-0.2, -0.15) is 0 Å². The molecule has 2 aliphatic carbocycles. The Morgan fingerprint density at radius 2 is 2.12 bits per heavy atom. The standard InChI is InChI=1S/C27H40O5/c1-17(10-11-22(29)21-14-25(30)31-16-21)12-13-26(5)19(3)23(32-20(4)28)15-27(6)18(2)8-7-9-24(26)27/h10,14,19,22-24,29H,2,7-9,11-13,15-16H2,1,3-6H3/b17-10+/t19-,22+,23+,24?,26+,27+/m0/s1. The number of fused-ring (bicyclic) bond motifs is 1. The first-order valence-corrected chi connectivity index (χ1v) is 12.0. The summed E-state index contributed by atoms with van der Waals surface area (Å²) in [6.45, 7) is 15.2. The molecule has 0 radical (unpaired) electrons. The van der Waals surface area contributed by atoms with Crippen LogP contribution in [-0.4, -0.2) is 35.9 Å². The first-order chi connectivity index (χ1) is 15.0. The number of aliphatic hydroxyl groups excluding tert-OH is 1. The van der Waals surface area contributed by atoms with E-state index in [-0.39, 0.29) is 41.4 Å². The van der Waals surface area contributed by atoms with Crippen molar-refractivity contribution in [3.05, 3.63) is 35.5 Å². The molecule has 178 valence electrons. The van der Waals surface area contributed by atoms with Crippen LogP contribution < -0.4 is 0 Å². The molecule has 0 bridgehead atoms. The molecule has 0 aromatic carbocycles. The number of esters is 2. The van der Waals surface area contributed by atoms with E-state index in [0.717, 1.165) is 25.7 Å². The molecule has 0 aromatic heterocycles. The Hall–Kier alpha value is -1.88. The molecule has 2 fully saturated rings. The molecule has 0 aromatic rings. The Kier molecular flexibility index (Phi) is 7.38. The summed E-state index contributed by atoms with van der Waals surface area (Å²) in [6.07, 6.45) is 9.39. The smallest absolute Gasteiger partial charge is 0.331 e. The number of hydrogen-bond acceptors (Lipinski definition) is 5. The Morgan fingerprint density at radius 1 is 1.41 bits per heavy atom. The van der Waals surface area contributed by atoms with Gasteiger partial charge in [0.05, 0.1) is 6.10 Å². The second kappa shape index (κ2) is 9.54. The predicted molar refractivity (Wildman–Crippen MR) is 125 cm³/mol. The Balaban J connectivity index is 1.74. The molecule has 0 amide bonds. The first kappa shape index (κ1) is 24.8. The van der Waals surface area contributed by atoms with E-state index in [4.69, 9.17) is 9.47 Å². The van der Waals surface area contributed by atoms with Crippen molar-refractivity contribution in [1.29, 1.82) is 0 Å². The number of cyclic esters (lactones) is 1. The van der Waals surface area contributed by atoms with Crippen LogP contribution in [0.4, 0.5) is 0 Å². The first-order valence-electron chi connectivity index (χ1n) is 12.0. The zero-order chi connectivity index (χ0) is 23.7. The van der Waals surface area contributed by atoms with Crippen molar-refractivity contribution in [2.75, 3.05) is 6.61 Å². The molecule has 1 unspecified atom stereocenters. The summed E-state index contributed by atoms with van der Waals surface area (Å²) in [4.78, 5) is 23.1. The van der Waals surface area contributed by atoms with Gasteiger partial charge < -0.3 is 14.6 Å². The van der Waals surface area contributed by atoms with Gasteiger partial charge in [0, 0.05) is 18.6 Å². The van der Waals surface area contributed by atoms with Crippen molar-refractivity contribution in [2.24, 2.45) is 22.7 Å². The summed E-state index contributed by atoms with van der Waals surface area (Å²) in [6, 6.07) is 0. The van der Waals surface area contributed by atoms with Crippen LogP contribution in [-0.2, 0) is 19.1 Å². The second-order valence-corrected chi connectivity index (χ2v) is 10.7. The maximum atomic E-state index is 11.8. The fourth-order valence-electron chi connectivity index (χ4n) is 6.42. The maximum Gasteiger partial charge on any atom is 0.331 e. The fraction of sp³-hybridized carbons (Fsp3) is 0.704. The lowest BCUT2D eigenvalue weighted by atomic mass is 9.45. The van der Waals surface area contributed by atoms with E-state index in [1.54, 1.807) is 0 Å². The normalized spacial score (nSPS) is 36.2. The highest BCUT2D eigenvalue weighted by molar-refractivity contribution is 5.85. The lowest BCUT2D eigenvalue weighted by molar-refractivity contribution is -0.171. The van der Waals surface area contributed by atoms with E-state index in [0.29, 0.717) is 17.9 Å². The largest absolute Gasteiger partial charge is 0.462 e. The summed E-state index contributed by atoms with van der Waals surface area (Å²) in [5.41, 5.74) is 3.20. The van der Waals surface area contributed by atoms with Crippen LogP contribution >= 0.6 is 0 Å². The molecule has 1 N–H and O–H groups in total. The van der Waals surface area contributed by atoms with Crippen molar-refractivity contribution < 1.29 is 24.2 Å². The molecule has 1 heterocycles. The predicted octanol–water partition coefficient (Wildman–Crippen LogP) is 5.29. The van der Waals surface area contributed by atoms with Gasteiger partial charge in [0.15, 0.2) is 0 Å². The minimum Gasteiger partial charge on any atom is -0.462 e. The Morgan fingerprint density at radius 3 is 2.75 bits per heavy atom. The highest BCUT2D eigenvalue weighted by Gasteiger charge is 2.57. The van der Waals surface area contributed by atoms with Gasteiger partial charge in [0.25, 0.3) is 0 Å². The van der Waals surface area contributed by atoms with Crippen molar-refractivity contribution in [3.63, 3.8) is 0 Å². The molecule has 5 nitrogen and oxygen atoms in total. The second-order valence-electron chi connectivity index (χ2n) is 10.7. The topological polar surface area (TPSA) is 72.8 Å². The third-order valence-corrected chi connectivity index (χ3v) is 8.74. The van der Waals surface area contributed by atoms with Crippen molar-refractivity contribution >= 4 is 11.9 Å². The Labute approximate surface area is 192 Å². The molecular weight excluding hydrogens is 404 g/mol. The maximum absolute atomic E-state index is 11.8. The molecule has 3 rings (SSSR count). The van der Waals surface area contributed by atoms with Crippen LogP contribution in [0.1, 0.15) is 79.6 Å². The zero-order valence-corrected chi connectivity index (χ0v) is 20.4. The quantitative estimate of drug-likeness (QED) is 0.427. The van der Waals surface area contributed by atoms with Crippen LogP contribution in [0.25, 0.3) is 0 Å². The van der Waals surface area contributed by atoms with Gasteiger partial charge >= 0.3 is 11.9 Å². The average Bonchev–Trinajstić information content (AvgIpc) is 3.16. The van der Waals surface area contributed by atoms with Crippen LogP contribution in [0.5, 0.6) is 0 Å². The molecule has 0 saturated heterocycles. The average molecular weight is 445 g/mol. The molecule has 6 atom stereocenters. The summed E-state index contributed by atoms with van der Waals surface area (Å²) >= 11 is 0.